The number of aryl methyl sites for hydroxylation is 2. The number of carbonyl (C=O) groups excluding carboxylic acids is 1. The van der Waals surface area contributed by atoms with Gasteiger partial charge in [-0.2, -0.15) is 5.10 Å². The van der Waals surface area contributed by atoms with Crippen LogP contribution in [-0.2, 0) is 4.79 Å². The van der Waals surface area contributed by atoms with Crippen LogP contribution in [0.5, 0.6) is 0 Å². The van der Waals surface area contributed by atoms with Crippen molar-refractivity contribution in [2.24, 2.45) is 5.10 Å². The molecule has 1 N–H and O–H groups in total. The van der Waals surface area contributed by atoms with Gasteiger partial charge in [0, 0.05) is 27.9 Å². The van der Waals surface area contributed by atoms with Gasteiger partial charge in [0.15, 0.2) is 5.82 Å². The van der Waals surface area contributed by atoms with Crippen LogP contribution in [0.25, 0.3) is 5.82 Å². The summed E-state index contributed by atoms with van der Waals surface area (Å²) >= 11 is 1.13. The summed E-state index contributed by atoms with van der Waals surface area (Å²) < 4.78 is 20.6. The van der Waals surface area contributed by atoms with E-state index in [1.54, 1.807) is 24.4 Å². The lowest BCUT2D eigenvalue weighted by molar-refractivity contribution is -0.118. The van der Waals surface area contributed by atoms with Crippen molar-refractivity contribution in [2.75, 3.05) is 5.75 Å². The lowest BCUT2D eigenvalue weighted by Crippen LogP contribution is -2.19. The molecule has 3 aromatic rings. The van der Waals surface area contributed by atoms with E-state index in [-0.39, 0.29) is 17.5 Å². The highest BCUT2D eigenvalue weighted by atomic mass is 32.2. The Kier molecular flexibility index (Phi) is 5.75. The number of hydrazone groups is 1. The second-order valence-corrected chi connectivity index (χ2v) is 6.99. The second kappa shape index (κ2) is 8.22. The Morgan fingerprint density at radius 2 is 2.11 bits per heavy atom. The number of aromatic nitrogens is 2. The normalized spacial score (nSPS) is 11.3. The van der Waals surface area contributed by atoms with E-state index >= 15 is 0 Å². The molecule has 1 amide bonds. The first-order chi connectivity index (χ1) is 13.0. The minimum Gasteiger partial charge on any atom is -0.360 e. The maximum Gasteiger partial charge on any atom is 0.250 e. The Bertz CT molecular complexity index is 994. The number of halogens is 1. The lowest BCUT2D eigenvalue weighted by atomic mass is 10.3. The van der Waals surface area contributed by atoms with Crippen LogP contribution in [0.15, 0.2) is 50.9 Å². The number of nitrogens with zero attached hydrogens (tertiary/aromatic N) is 3. The summed E-state index contributed by atoms with van der Waals surface area (Å²) in [5.41, 5.74) is 5.23. The van der Waals surface area contributed by atoms with Crippen molar-refractivity contribution in [3.63, 3.8) is 0 Å². The van der Waals surface area contributed by atoms with Crippen LogP contribution in [0.2, 0.25) is 0 Å². The highest BCUT2D eigenvalue weighted by Gasteiger charge is 2.12. The number of hydrogen-bond donors (Lipinski definition) is 1. The van der Waals surface area contributed by atoms with Crippen LogP contribution in [0, 0.1) is 26.6 Å². The van der Waals surface area contributed by atoms with Crippen molar-refractivity contribution in [3.05, 3.63) is 64.9 Å². The van der Waals surface area contributed by atoms with Crippen LogP contribution in [-0.4, -0.2) is 27.6 Å². The number of nitrogens with one attached hydrogen (secondary N) is 1. The molecule has 0 saturated carbocycles. The van der Waals surface area contributed by atoms with Gasteiger partial charge in [-0.05, 0) is 39.0 Å². The largest absolute Gasteiger partial charge is 0.360 e. The molecule has 8 heteroatoms. The lowest BCUT2D eigenvalue weighted by Gasteiger charge is -2.04. The maximum absolute atomic E-state index is 13.5. The van der Waals surface area contributed by atoms with Crippen molar-refractivity contribution in [3.8, 4) is 5.82 Å². The fourth-order valence-corrected chi connectivity index (χ4v) is 3.37. The number of hydrogen-bond acceptors (Lipinski definition) is 5. The number of amides is 1. The van der Waals surface area contributed by atoms with E-state index in [0.717, 1.165) is 34.5 Å². The molecule has 0 aliphatic carbocycles. The number of thioether (sulfide) groups is 1. The number of benzene rings is 1. The first kappa shape index (κ1) is 18.9. The van der Waals surface area contributed by atoms with Gasteiger partial charge < -0.3 is 4.52 Å². The van der Waals surface area contributed by atoms with E-state index in [1.165, 1.54) is 6.07 Å². The van der Waals surface area contributed by atoms with E-state index in [4.69, 9.17) is 4.52 Å². The third-order valence-corrected chi connectivity index (χ3v) is 4.95. The first-order valence-corrected chi connectivity index (χ1v) is 9.26. The Morgan fingerprint density at radius 1 is 1.33 bits per heavy atom. The minimum absolute atomic E-state index is 0.0789. The molecule has 0 aliphatic heterocycles. The summed E-state index contributed by atoms with van der Waals surface area (Å²) in [7, 11) is 0. The Labute approximate surface area is 160 Å². The van der Waals surface area contributed by atoms with Gasteiger partial charge in [-0.3, -0.25) is 9.36 Å². The zero-order chi connectivity index (χ0) is 19.4. The molecule has 0 aliphatic rings. The molecule has 0 fully saturated rings. The molecule has 0 radical (unpaired) electrons. The minimum atomic E-state index is -0.339. The van der Waals surface area contributed by atoms with Gasteiger partial charge in [-0.15, -0.1) is 11.8 Å². The quantitative estimate of drug-likeness (QED) is 0.398. The molecule has 3 rings (SSSR count). The summed E-state index contributed by atoms with van der Waals surface area (Å²) in [4.78, 5) is 12.3. The van der Waals surface area contributed by atoms with Gasteiger partial charge in [-0.1, -0.05) is 17.3 Å². The Morgan fingerprint density at radius 3 is 2.81 bits per heavy atom. The molecule has 2 aromatic heterocycles. The van der Waals surface area contributed by atoms with E-state index in [9.17, 15) is 9.18 Å². The number of rotatable bonds is 6. The predicted octanol–water partition coefficient (Wildman–Crippen LogP) is 3.77. The van der Waals surface area contributed by atoms with Crippen molar-refractivity contribution in [1.29, 1.82) is 0 Å². The second-order valence-electron chi connectivity index (χ2n) is 5.97. The topological polar surface area (TPSA) is 72.4 Å². The molecule has 27 heavy (non-hydrogen) atoms. The molecule has 2 heterocycles. The summed E-state index contributed by atoms with van der Waals surface area (Å²) in [6, 6.07) is 10.1. The molecule has 0 unspecified atom stereocenters. The average molecular weight is 386 g/mol. The molecule has 0 spiro atoms. The monoisotopic (exact) mass is 386 g/mol. The molecular weight excluding hydrogens is 367 g/mol. The van der Waals surface area contributed by atoms with Gasteiger partial charge in [0.25, 0.3) is 0 Å². The molecular formula is C19H19FN4O2S. The number of carbonyl (C=O) groups is 1. The maximum atomic E-state index is 13.5. The van der Waals surface area contributed by atoms with Crippen molar-refractivity contribution in [1.82, 2.24) is 15.1 Å². The molecule has 140 valence electrons. The summed E-state index contributed by atoms with van der Waals surface area (Å²) in [5.74, 6) is 0.866. The van der Waals surface area contributed by atoms with Gasteiger partial charge in [0.05, 0.1) is 12.0 Å². The zero-order valence-electron chi connectivity index (χ0n) is 15.2. The summed E-state index contributed by atoms with van der Waals surface area (Å²) in [6.45, 7) is 5.73. The SMILES string of the molecule is Cc1cc(-n2c(C)cc(/C=N\NC(=O)CSc3ccccc3F)c2C)no1. The highest BCUT2D eigenvalue weighted by molar-refractivity contribution is 8.00. The predicted molar refractivity (Wildman–Crippen MR) is 103 cm³/mol. The zero-order valence-corrected chi connectivity index (χ0v) is 16.0. The van der Waals surface area contributed by atoms with Crippen LogP contribution < -0.4 is 5.43 Å². The third-order valence-electron chi connectivity index (χ3n) is 3.90. The fourth-order valence-electron chi connectivity index (χ4n) is 2.64. The Balaban J connectivity index is 1.61. The van der Waals surface area contributed by atoms with Crippen molar-refractivity contribution >= 4 is 23.9 Å². The van der Waals surface area contributed by atoms with Gasteiger partial charge in [-0.25, -0.2) is 9.82 Å². The summed E-state index contributed by atoms with van der Waals surface area (Å²) in [6.07, 6.45) is 1.58. The summed E-state index contributed by atoms with van der Waals surface area (Å²) in [5, 5.41) is 8.03. The average Bonchev–Trinajstić information content (AvgIpc) is 3.17. The molecule has 1 aromatic carbocycles. The van der Waals surface area contributed by atoms with Crippen molar-refractivity contribution < 1.29 is 13.7 Å². The first-order valence-electron chi connectivity index (χ1n) is 8.27. The molecule has 6 nitrogen and oxygen atoms in total. The van der Waals surface area contributed by atoms with E-state index < -0.39 is 0 Å². The molecule has 0 bridgehead atoms. The van der Waals surface area contributed by atoms with Crippen molar-refractivity contribution in [2.45, 2.75) is 25.7 Å². The highest BCUT2D eigenvalue weighted by Crippen LogP contribution is 2.21. The van der Waals surface area contributed by atoms with Crippen LogP contribution in [0.1, 0.15) is 22.7 Å². The van der Waals surface area contributed by atoms with Crippen LogP contribution in [0.4, 0.5) is 4.39 Å². The fraction of sp³-hybridized carbons (Fsp3) is 0.211. The van der Waals surface area contributed by atoms with E-state index in [1.807, 2.05) is 37.5 Å². The van der Waals surface area contributed by atoms with Crippen LogP contribution >= 0.6 is 11.8 Å². The van der Waals surface area contributed by atoms with E-state index in [0.29, 0.717) is 10.7 Å². The standard InChI is InChI=1S/C19H19FN4O2S/c1-12-8-15(14(3)24(12)18-9-13(2)26-23-18)10-21-22-19(25)11-27-17-7-5-4-6-16(17)20/h4-10H,11H2,1-3H3,(H,22,25)/b21-10-. The smallest absolute Gasteiger partial charge is 0.250 e. The molecule has 0 atom stereocenters. The Hall–Kier alpha value is -2.87. The van der Waals surface area contributed by atoms with E-state index in [2.05, 4.69) is 15.7 Å². The van der Waals surface area contributed by atoms with Gasteiger partial charge in [0.1, 0.15) is 11.6 Å². The van der Waals surface area contributed by atoms with Gasteiger partial charge in [0.2, 0.25) is 5.91 Å². The molecule has 0 saturated heterocycles. The third kappa shape index (κ3) is 4.46. The van der Waals surface area contributed by atoms with Gasteiger partial charge >= 0.3 is 0 Å². The van der Waals surface area contributed by atoms with Crippen LogP contribution in [0.3, 0.4) is 0 Å².